The molecule has 0 spiro atoms. The first-order valence-electron chi connectivity index (χ1n) is 0. The van der Waals surface area contributed by atoms with E-state index in [0.717, 1.165) is 0 Å². The largest absolute Gasteiger partial charge is 5.00 e. The molecule has 0 saturated heterocycles. The summed E-state index contributed by atoms with van der Waals surface area (Å²) in [5.74, 6) is 0. The predicted molar refractivity (Wildman–Crippen MR) is 5.66 cm³/mol. The van der Waals surface area contributed by atoms with Crippen LogP contribution in [0, 0.1) is 83.5 Å². The van der Waals surface area contributed by atoms with Gasteiger partial charge in [0, 0.05) is 83.5 Å². The van der Waals surface area contributed by atoms with Gasteiger partial charge in [-0.2, -0.15) is 0 Å². The molecule has 0 aromatic carbocycles. The number of hydrogen-bond acceptors (Lipinski definition) is 0. The van der Waals surface area contributed by atoms with Gasteiger partial charge in [0.25, 0.3) is 0 Å². The van der Waals surface area contributed by atoms with E-state index in [1.54, 1.807) is 0 Å². The van der Waals surface area contributed by atoms with Gasteiger partial charge in [0.1, 0.15) is 0 Å². The van der Waals surface area contributed by atoms with Crippen LogP contribution < -0.4 is 103 Å². The molecule has 0 bridgehead atoms. The zero-order chi connectivity index (χ0) is 0. The summed E-state index contributed by atoms with van der Waals surface area (Å²) in [5.41, 5.74) is 0. The SMILES string of the molecule is [Ce].[Ce].[H-].[H-].[K+].[K+].[Nb+5].[Nb+5].[O-2].[O-2].[O-2].[O-2].[O-2]. The van der Waals surface area contributed by atoms with E-state index < -0.39 is 0 Å². The van der Waals surface area contributed by atoms with E-state index in [2.05, 4.69) is 0 Å². The van der Waals surface area contributed by atoms with Crippen LogP contribution in [0.2, 0.25) is 0 Å². The third-order valence-electron chi connectivity index (χ3n) is 0. The minimum atomic E-state index is 0. The van der Waals surface area contributed by atoms with Gasteiger partial charge in [0.2, 0.25) is 0 Å². The fraction of sp³-hybridized carbons (Fsp3) is 0. The molecule has 0 aromatic heterocycles. The van der Waals surface area contributed by atoms with E-state index in [0.29, 0.717) is 0 Å². The molecule has 0 unspecified atom stereocenters. The second-order valence-corrected chi connectivity index (χ2v) is 0. The molecule has 0 aliphatic heterocycles. The summed E-state index contributed by atoms with van der Waals surface area (Å²) in [6, 6.07) is 0. The molecule has 0 radical (unpaired) electrons. The molecule has 0 heterocycles. The van der Waals surface area contributed by atoms with Gasteiger partial charge < -0.3 is 30.2 Å². The van der Waals surface area contributed by atoms with Crippen molar-refractivity contribution >= 4 is 0 Å². The van der Waals surface area contributed by atoms with Crippen molar-refractivity contribution in [2.75, 3.05) is 0 Å². The predicted octanol–water partition coefficient (Wildman–Crippen LogP) is -6.37. The summed E-state index contributed by atoms with van der Waals surface area (Å²) in [6.45, 7) is 0. The van der Waals surface area contributed by atoms with Crippen LogP contribution in [0.1, 0.15) is 2.85 Å². The van der Waals surface area contributed by atoms with Crippen LogP contribution in [0.3, 0.4) is 0 Å². The summed E-state index contributed by atoms with van der Waals surface area (Å²) >= 11 is 0. The minimum Gasteiger partial charge on any atom is -2.00 e. The van der Waals surface area contributed by atoms with Gasteiger partial charge in [-0.1, -0.05) is 0 Å². The average Bonchev–Trinajstić information content (AvgIpc) is 0. The molecular formula is H2Ce2K2Nb2O5. The van der Waals surface area contributed by atoms with E-state index in [1.165, 1.54) is 0 Å². The van der Waals surface area contributed by atoms with Gasteiger partial charge >= 0.3 is 148 Å². The Morgan fingerprint density at radius 1 is 0.455 bits per heavy atom. The van der Waals surface area contributed by atoms with Gasteiger partial charge in [-0.3, -0.25) is 0 Å². The van der Waals surface area contributed by atoms with Crippen molar-refractivity contribution in [3.8, 4) is 0 Å². The standard InChI is InChI=1S/2Ce.2K.2Nb.5O.2H/q;;2*+1;2*+5;5*-2;2*-1. The molecule has 0 N–H and O–H groups in total. The Morgan fingerprint density at radius 3 is 0.455 bits per heavy atom. The van der Waals surface area contributed by atoms with E-state index in [1.807, 2.05) is 0 Å². The topological polar surface area (TPSA) is 142 Å². The molecular weight excluding hydrogens is 624 g/mol. The molecule has 52 valence electrons. The average molecular weight is 626 g/mol. The molecule has 11 heteroatoms. The smallest absolute Gasteiger partial charge is 2.00 e. The molecule has 0 atom stereocenters. The Labute approximate surface area is 253 Å². The first kappa shape index (κ1) is 103. The van der Waals surface area contributed by atoms with Gasteiger partial charge in [-0.25, -0.2) is 0 Å². The molecule has 0 saturated carbocycles. The second-order valence-electron chi connectivity index (χ2n) is 0. The van der Waals surface area contributed by atoms with E-state index in [-0.39, 0.29) is 261 Å². The summed E-state index contributed by atoms with van der Waals surface area (Å²) in [7, 11) is 0. The van der Waals surface area contributed by atoms with Gasteiger partial charge in [-0.05, 0) is 0 Å². The fourth-order valence-corrected chi connectivity index (χ4v) is 0. The van der Waals surface area contributed by atoms with E-state index in [4.69, 9.17) is 0 Å². The van der Waals surface area contributed by atoms with Crippen molar-refractivity contribution in [3.63, 3.8) is 0 Å². The van der Waals surface area contributed by atoms with Crippen LogP contribution in [-0.2, 0) is 72.1 Å². The van der Waals surface area contributed by atoms with Crippen molar-refractivity contribution in [1.82, 2.24) is 0 Å². The molecule has 0 aliphatic carbocycles. The monoisotopic (exact) mass is 626 g/mol. The van der Waals surface area contributed by atoms with Crippen LogP contribution in [0.5, 0.6) is 0 Å². The van der Waals surface area contributed by atoms with Crippen LogP contribution >= 0.6 is 0 Å². The molecule has 0 aliphatic rings. The van der Waals surface area contributed by atoms with E-state index >= 15 is 0 Å². The Kier molecular flexibility index (Phi) is 805. The zero-order valence-electron chi connectivity index (χ0n) is 7.94. The second kappa shape index (κ2) is 86.2. The molecule has 5 nitrogen and oxygen atoms in total. The zero-order valence-corrected chi connectivity index (χ0v) is 22.9. The summed E-state index contributed by atoms with van der Waals surface area (Å²) in [5, 5.41) is 0. The van der Waals surface area contributed by atoms with Crippen molar-refractivity contribution in [2.24, 2.45) is 0 Å². The summed E-state index contributed by atoms with van der Waals surface area (Å²) in [6.07, 6.45) is 0. The van der Waals surface area contributed by atoms with Crippen LogP contribution in [0.15, 0.2) is 0 Å². The van der Waals surface area contributed by atoms with Crippen LogP contribution in [0.25, 0.3) is 0 Å². The molecule has 0 fully saturated rings. The molecule has 0 aromatic rings. The first-order chi connectivity index (χ1) is 0. The maximum atomic E-state index is 0. The van der Waals surface area contributed by atoms with E-state index in [9.17, 15) is 0 Å². The van der Waals surface area contributed by atoms with Crippen molar-refractivity contribution in [3.05, 3.63) is 0 Å². The van der Waals surface area contributed by atoms with Crippen molar-refractivity contribution in [1.29, 1.82) is 0 Å². The van der Waals surface area contributed by atoms with Gasteiger partial charge in [0.15, 0.2) is 0 Å². The van der Waals surface area contributed by atoms with Crippen LogP contribution in [-0.4, -0.2) is 0 Å². The minimum absolute atomic E-state index is 0. The third-order valence-corrected chi connectivity index (χ3v) is 0. The quantitative estimate of drug-likeness (QED) is 0.236. The molecule has 0 rings (SSSR count). The Hall–Kier alpha value is 7.31. The maximum Gasteiger partial charge on any atom is 5.00 e. The third kappa shape index (κ3) is 76.0. The fourth-order valence-electron chi connectivity index (χ4n) is 0. The Bertz CT molecular complexity index is 28.5. The maximum absolute atomic E-state index is 0. The molecule has 0 amide bonds. The van der Waals surface area contributed by atoms with Crippen molar-refractivity contribution in [2.45, 2.75) is 0 Å². The summed E-state index contributed by atoms with van der Waals surface area (Å²) in [4.78, 5) is 0. The Balaban J connectivity index is 0. The normalized spacial score (nSPS) is 0. The van der Waals surface area contributed by atoms with Crippen LogP contribution in [0.4, 0.5) is 0 Å². The number of rotatable bonds is 0. The Morgan fingerprint density at radius 2 is 0.455 bits per heavy atom. The van der Waals surface area contributed by atoms with Gasteiger partial charge in [-0.15, -0.1) is 0 Å². The molecule has 11 heavy (non-hydrogen) atoms. The van der Waals surface area contributed by atoms with Crippen molar-refractivity contribution < 1.29 is 261 Å². The first-order valence-corrected chi connectivity index (χ1v) is 0. The summed E-state index contributed by atoms with van der Waals surface area (Å²) < 4.78 is 0. The number of hydrogen-bond donors (Lipinski definition) is 0. The van der Waals surface area contributed by atoms with Gasteiger partial charge in [0.05, 0.1) is 0 Å².